The molecule has 17 heavy (non-hydrogen) atoms. The molecule has 0 spiro atoms. The fraction of sp³-hybridized carbons (Fsp3) is 0.556. The first-order chi connectivity index (χ1) is 7.85. The second-order valence-corrected chi connectivity index (χ2v) is 4.17. The lowest BCUT2D eigenvalue weighted by molar-refractivity contribution is -0.384. The van der Waals surface area contributed by atoms with Crippen LogP contribution in [0.3, 0.4) is 0 Å². The highest BCUT2D eigenvalue weighted by Gasteiger charge is 2.21. The molecule has 0 saturated carbocycles. The van der Waals surface area contributed by atoms with Crippen molar-refractivity contribution in [3.63, 3.8) is 0 Å². The summed E-state index contributed by atoms with van der Waals surface area (Å²) in [5, 5.41) is 23.1. The summed E-state index contributed by atoms with van der Waals surface area (Å²) in [6.07, 6.45) is 1.53. The number of nitrogens with one attached hydrogen (secondary N) is 1. The van der Waals surface area contributed by atoms with E-state index in [4.69, 9.17) is 11.6 Å². The van der Waals surface area contributed by atoms with Gasteiger partial charge in [0.05, 0.1) is 10.5 Å². The summed E-state index contributed by atoms with van der Waals surface area (Å²) >= 11 is 5.56. The Morgan fingerprint density at radius 1 is 1.71 bits per heavy atom. The molecule has 0 aromatic carbocycles. The first-order valence-corrected chi connectivity index (χ1v) is 5.36. The van der Waals surface area contributed by atoms with Gasteiger partial charge in [-0.1, -0.05) is 6.92 Å². The van der Waals surface area contributed by atoms with Crippen molar-refractivity contribution in [2.24, 2.45) is 0 Å². The SMILES string of the molecule is CCC(C)(O)CNc1nc(Cl)ncc1[N+](=O)[O-]. The average Bonchev–Trinajstić information content (AvgIpc) is 2.26. The second-order valence-electron chi connectivity index (χ2n) is 3.83. The van der Waals surface area contributed by atoms with Crippen LogP contribution in [0.25, 0.3) is 0 Å². The van der Waals surface area contributed by atoms with Crippen molar-refractivity contribution in [1.29, 1.82) is 0 Å². The maximum Gasteiger partial charge on any atom is 0.329 e. The maximum absolute atomic E-state index is 10.7. The Balaban J connectivity index is 2.89. The highest BCUT2D eigenvalue weighted by molar-refractivity contribution is 6.28. The van der Waals surface area contributed by atoms with Crippen molar-refractivity contribution < 1.29 is 10.0 Å². The molecular weight excluding hydrogens is 248 g/mol. The normalized spacial score (nSPS) is 14.1. The molecule has 0 radical (unpaired) electrons. The average molecular weight is 261 g/mol. The fourth-order valence-electron chi connectivity index (χ4n) is 1.02. The van der Waals surface area contributed by atoms with Crippen molar-refractivity contribution >= 4 is 23.1 Å². The van der Waals surface area contributed by atoms with Crippen molar-refractivity contribution in [2.75, 3.05) is 11.9 Å². The highest BCUT2D eigenvalue weighted by Crippen LogP contribution is 2.22. The molecule has 1 aromatic rings. The van der Waals surface area contributed by atoms with E-state index >= 15 is 0 Å². The fourth-order valence-corrected chi connectivity index (χ4v) is 1.15. The number of hydrogen-bond donors (Lipinski definition) is 2. The first-order valence-electron chi connectivity index (χ1n) is 4.99. The molecule has 1 heterocycles. The van der Waals surface area contributed by atoms with Gasteiger partial charge < -0.3 is 10.4 Å². The minimum absolute atomic E-state index is 0.00345. The lowest BCUT2D eigenvalue weighted by atomic mass is 10.0. The predicted molar refractivity (Wildman–Crippen MR) is 63.1 cm³/mol. The molecule has 0 saturated heterocycles. The van der Waals surface area contributed by atoms with Crippen molar-refractivity contribution in [3.05, 3.63) is 21.6 Å². The predicted octanol–water partition coefficient (Wildman–Crippen LogP) is 1.61. The smallest absolute Gasteiger partial charge is 0.329 e. The third kappa shape index (κ3) is 3.79. The summed E-state index contributed by atoms with van der Waals surface area (Å²) in [6, 6.07) is 0. The monoisotopic (exact) mass is 260 g/mol. The number of aromatic nitrogens is 2. The van der Waals surface area contributed by atoms with Crippen LogP contribution in [0, 0.1) is 10.1 Å². The van der Waals surface area contributed by atoms with Crippen LogP contribution in [-0.2, 0) is 0 Å². The lowest BCUT2D eigenvalue weighted by Crippen LogP contribution is -2.32. The third-order valence-electron chi connectivity index (χ3n) is 2.34. The van der Waals surface area contributed by atoms with Gasteiger partial charge in [-0.25, -0.2) is 4.98 Å². The second kappa shape index (κ2) is 5.24. The quantitative estimate of drug-likeness (QED) is 0.474. The number of nitrogens with zero attached hydrogens (tertiary/aromatic N) is 3. The largest absolute Gasteiger partial charge is 0.388 e. The molecule has 2 N–H and O–H groups in total. The molecular formula is C9H13ClN4O3. The van der Waals surface area contributed by atoms with Crippen molar-refractivity contribution in [1.82, 2.24) is 9.97 Å². The van der Waals surface area contributed by atoms with Crippen LogP contribution in [-0.4, -0.2) is 32.1 Å². The summed E-state index contributed by atoms with van der Waals surface area (Å²) in [5.74, 6) is 0.00345. The van der Waals surface area contributed by atoms with Gasteiger partial charge in [-0.05, 0) is 24.9 Å². The van der Waals surface area contributed by atoms with Gasteiger partial charge >= 0.3 is 5.69 Å². The number of rotatable bonds is 5. The lowest BCUT2D eigenvalue weighted by Gasteiger charge is -2.21. The van der Waals surface area contributed by atoms with Gasteiger partial charge in [0.1, 0.15) is 6.20 Å². The maximum atomic E-state index is 10.7. The van der Waals surface area contributed by atoms with Crippen molar-refractivity contribution in [2.45, 2.75) is 25.9 Å². The zero-order valence-electron chi connectivity index (χ0n) is 9.47. The molecule has 0 amide bonds. The zero-order chi connectivity index (χ0) is 13.1. The minimum atomic E-state index is -0.967. The molecule has 1 rings (SSSR count). The number of hydrogen-bond acceptors (Lipinski definition) is 6. The van der Waals surface area contributed by atoms with E-state index in [1.807, 2.05) is 6.92 Å². The molecule has 1 atom stereocenters. The summed E-state index contributed by atoms with van der Waals surface area (Å²) in [6.45, 7) is 3.56. The molecule has 0 aliphatic carbocycles. The molecule has 0 bridgehead atoms. The van der Waals surface area contributed by atoms with E-state index < -0.39 is 10.5 Å². The van der Waals surface area contributed by atoms with Gasteiger partial charge in [-0.2, -0.15) is 4.98 Å². The van der Waals surface area contributed by atoms with Gasteiger partial charge in [0.25, 0.3) is 0 Å². The summed E-state index contributed by atoms with van der Waals surface area (Å²) in [4.78, 5) is 17.4. The van der Waals surface area contributed by atoms with Gasteiger partial charge in [0.2, 0.25) is 11.1 Å². The Morgan fingerprint density at radius 3 is 2.88 bits per heavy atom. The van der Waals surface area contributed by atoms with E-state index in [-0.39, 0.29) is 23.3 Å². The summed E-state index contributed by atoms with van der Waals surface area (Å²) < 4.78 is 0. The van der Waals surface area contributed by atoms with Crippen LogP contribution in [0.5, 0.6) is 0 Å². The van der Waals surface area contributed by atoms with Gasteiger partial charge in [0, 0.05) is 6.54 Å². The van der Waals surface area contributed by atoms with Crippen LogP contribution in [0.2, 0.25) is 5.28 Å². The molecule has 0 aliphatic rings. The number of anilines is 1. The van der Waals surface area contributed by atoms with Gasteiger partial charge in [-0.15, -0.1) is 0 Å². The molecule has 0 fully saturated rings. The van der Waals surface area contributed by atoms with E-state index in [1.54, 1.807) is 6.92 Å². The number of halogens is 1. The Labute approximate surface area is 103 Å². The summed E-state index contributed by atoms with van der Waals surface area (Å²) in [7, 11) is 0. The summed E-state index contributed by atoms with van der Waals surface area (Å²) in [5.41, 5.74) is -1.24. The molecule has 7 nitrogen and oxygen atoms in total. The van der Waals surface area contributed by atoms with Crippen LogP contribution < -0.4 is 5.32 Å². The topological polar surface area (TPSA) is 101 Å². The molecule has 0 aliphatic heterocycles. The number of nitro groups is 1. The van der Waals surface area contributed by atoms with E-state index in [0.717, 1.165) is 6.20 Å². The van der Waals surface area contributed by atoms with E-state index in [0.29, 0.717) is 6.42 Å². The third-order valence-corrected chi connectivity index (χ3v) is 2.52. The number of aliphatic hydroxyl groups is 1. The first kappa shape index (κ1) is 13.6. The van der Waals surface area contributed by atoms with E-state index in [2.05, 4.69) is 15.3 Å². The van der Waals surface area contributed by atoms with E-state index in [1.165, 1.54) is 0 Å². The Hall–Kier alpha value is -1.47. The molecule has 94 valence electrons. The highest BCUT2D eigenvalue weighted by atomic mass is 35.5. The standard InChI is InChI=1S/C9H13ClN4O3/c1-3-9(2,15)5-12-7-6(14(16)17)4-11-8(10)13-7/h4,15H,3,5H2,1-2H3,(H,11,12,13). The molecule has 8 heteroatoms. The van der Waals surface area contributed by atoms with Gasteiger partial charge in [0.15, 0.2) is 0 Å². The van der Waals surface area contributed by atoms with Gasteiger partial charge in [-0.3, -0.25) is 10.1 Å². The van der Waals surface area contributed by atoms with E-state index in [9.17, 15) is 15.2 Å². The van der Waals surface area contributed by atoms with Crippen LogP contribution in [0.4, 0.5) is 11.5 Å². The Morgan fingerprint density at radius 2 is 2.35 bits per heavy atom. The Kier molecular flexibility index (Phi) is 4.19. The molecule has 1 aromatic heterocycles. The molecule has 1 unspecified atom stereocenters. The zero-order valence-corrected chi connectivity index (χ0v) is 10.2. The Bertz CT molecular complexity index is 425. The van der Waals surface area contributed by atoms with Crippen LogP contribution in [0.1, 0.15) is 20.3 Å². The van der Waals surface area contributed by atoms with Crippen LogP contribution in [0.15, 0.2) is 6.20 Å². The minimum Gasteiger partial charge on any atom is -0.388 e. The van der Waals surface area contributed by atoms with Crippen LogP contribution >= 0.6 is 11.6 Å². The van der Waals surface area contributed by atoms with Crippen molar-refractivity contribution in [3.8, 4) is 0 Å².